The Morgan fingerprint density at radius 1 is 0.491 bits per heavy atom. The first-order chi connectivity index (χ1) is 26.3. The van der Waals surface area contributed by atoms with E-state index in [0.717, 1.165) is 49.9 Å². The molecule has 2 nitrogen and oxygen atoms in total. The number of nitrogens with zero attached hydrogens (tertiary/aromatic N) is 2. The van der Waals surface area contributed by atoms with Crippen molar-refractivity contribution in [2.45, 2.75) is 38.5 Å². The van der Waals surface area contributed by atoms with Crippen molar-refractivity contribution in [3.8, 4) is 16.8 Å². The summed E-state index contributed by atoms with van der Waals surface area (Å²) in [7, 11) is 0. The molecule has 0 fully saturated rings. The molecule has 0 spiro atoms. The lowest BCUT2D eigenvalue weighted by Gasteiger charge is -2.23. The highest BCUT2D eigenvalue weighted by Crippen LogP contribution is 2.46. The highest BCUT2D eigenvalue weighted by molar-refractivity contribution is 6.19. The highest BCUT2D eigenvalue weighted by Gasteiger charge is 2.28. The van der Waals surface area contributed by atoms with Crippen LogP contribution in [0.1, 0.15) is 59.3 Å². The van der Waals surface area contributed by atoms with Crippen LogP contribution in [0.3, 0.4) is 0 Å². The van der Waals surface area contributed by atoms with Crippen LogP contribution in [0.25, 0.3) is 83.5 Å². The van der Waals surface area contributed by atoms with E-state index in [4.69, 9.17) is 4.98 Å². The van der Waals surface area contributed by atoms with E-state index in [9.17, 15) is 0 Å². The number of fused-ring (bicyclic) bond motifs is 9. The Kier molecular flexibility index (Phi) is 6.98. The lowest BCUT2D eigenvalue weighted by molar-refractivity contribution is 0.908. The fraction of sp³-hybridized carbons (Fsp3) is 0.118. The van der Waals surface area contributed by atoms with Crippen LogP contribution in [0.15, 0.2) is 146 Å². The average Bonchev–Trinajstić information content (AvgIpc) is 3.64. The van der Waals surface area contributed by atoms with Crippen LogP contribution < -0.4 is 0 Å². The van der Waals surface area contributed by atoms with Crippen molar-refractivity contribution in [2.24, 2.45) is 0 Å². The highest BCUT2D eigenvalue weighted by atomic mass is 15.1. The topological polar surface area (TPSA) is 17.8 Å². The van der Waals surface area contributed by atoms with Gasteiger partial charge in [-0.1, -0.05) is 140 Å². The molecular weight excluding hydrogens is 641 g/mol. The molecule has 0 unspecified atom stereocenters. The Hall–Kier alpha value is -6.25. The number of imidazole rings is 1. The predicted molar refractivity (Wildman–Crippen MR) is 225 cm³/mol. The molecule has 1 heterocycles. The third kappa shape index (κ3) is 4.75. The van der Waals surface area contributed by atoms with Crippen LogP contribution in [0.5, 0.6) is 0 Å². The van der Waals surface area contributed by atoms with Gasteiger partial charge in [-0.25, -0.2) is 4.98 Å². The molecule has 7 aromatic carbocycles. The van der Waals surface area contributed by atoms with Crippen LogP contribution in [0, 0.1) is 0 Å². The van der Waals surface area contributed by atoms with Gasteiger partial charge >= 0.3 is 0 Å². The zero-order chi connectivity index (χ0) is 34.9. The van der Waals surface area contributed by atoms with E-state index in [-0.39, 0.29) is 0 Å². The SMILES string of the molecule is C1=Cc2c(c3c(c4c2nc(C2=CC=C(c5c6ccccc6c(-c6ccc7ccccc7c6)c6ccccc56)CC2)n4-c2ccccc2)C=CCC3)CC1. The smallest absolute Gasteiger partial charge is 0.141 e. The second-order valence-electron chi connectivity index (χ2n) is 14.8. The Morgan fingerprint density at radius 3 is 1.77 bits per heavy atom. The van der Waals surface area contributed by atoms with E-state index in [0.29, 0.717) is 0 Å². The summed E-state index contributed by atoms with van der Waals surface area (Å²) in [4.78, 5) is 5.58. The Morgan fingerprint density at radius 2 is 1.08 bits per heavy atom. The normalized spacial score (nSPS) is 15.2. The number of para-hydroxylation sites is 1. The summed E-state index contributed by atoms with van der Waals surface area (Å²) in [6.45, 7) is 0. The molecule has 8 aromatic rings. The third-order valence-corrected chi connectivity index (χ3v) is 11.8. The fourth-order valence-electron chi connectivity index (χ4n) is 9.46. The van der Waals surface area contributed by atoms with E-state index in [1.807, 2.05) is 0 Å². The second-order valence-corrected chi connectivity index (χ2v) is 14.8. The predicted octanol–water partition coefficient (Wildman–Crippen LogP) is 13.3. The van der Waals surface area contributed by atoms with Crippen LogP contribution in [0.4, 0.5) is 0 Å². The van der Waals surface area contributed by atoms with E-state index in [1.54, 1.807) is 0 Å². The van der Waals surface area contributed by atoms with E-state index in [1.165, 1.54) is 93.6 Å². The summed E-state index contributed by atoms with van der Waals surface area (Å²) in [5, 5.41) is 7.76. The Bertz CT molecular complexity index is 2870. The van der Waals surface area contributed by atoms with Crippen LogP contribution >= 0.6 is 0 Å². The molecule has 0 saturated heterocycles. The lowest BCUT2D eigenvalue weighted by atomic mass is 9.83. The van der Waals surface area contributed by atoms with Crippen LogP contribution in [0.2, 0.25) is 0 Å². The van der Waals surface area contributed by atoms with E-state index in [2.05, 4.69) is 162 Å². The van der Waals surface area contributed by atoms with Crippen molar-refractivity contribution in [3.63, 3.8) is 0 Å². The van der Waals surface area contributed by atoms with Gasteiger partial charge < -0.3 is 0 Å². The number of rotatable bonds is 4. The summed E-state index contributed by atoms with van der Waals surface area (Å²) in [6.07, 6.45) is 20.4. The molecule has 1 aromatic heterocycles. The van der Waals surface area contributed by atoms with Crippen LogP contribution in [-0.4, -0.2) is 9.55 Å². The van der Waals surface area contributed by atoms with Gasteiger partial charge in [0.25, 0.3) is 0 Å². The van der Waals surface area contributed by atoms with E-state index < -0.39 is 0 Å². The summed E-state index contributed by atoms with van der Waals surface area (Å²) in [5.41, 5.74) is 15.9. The molecule has 0 aliphatic heterocycles. The molecule has 0 radical (unpaired) electrons. The van der Waals surface area contributed by atoms with E-state index >= 15 is 0 Å². The summed E-state index contributed by atoms with van der Waals surface area (Å²) in [6, 6.07) is 44.5. The summed E-state index contributed by atoms with van der Waals surface area (Å²) < 4.78 is 2.46. The maximum atomic E-state index is 5.58. The molecule has 0 amide bonds. The first kappa shape index (κ1) is 30.4. The quantitative estimate of drug-likeness (QED) is 0.169. The molecule has 11 rings (SSSR count). The van der Waals surface area contributed by atoms with Crippen molar-refractivity contribution in [1.82, 2.24) is 9.55 Å². The van der Waals surface area contributed by atoms with Crippen molar-refractivity contribution < 1.29 is 0 Å². The monoisotopic (exact) mass is 678 g/mol. The largest absolute Gasteiger partial charge is 0.292 e. The second kappa shape index (κ2) is 12.2. The minimum Gasteiger partial charge on any atom is -0.292 e. The molecule has 2 heteroatoms. The maximum Gasteiger partial charge on any atom is 0.141 e. The van der Waals surface area contributed by atoms with Gasteiger partial charge in [0.1, 0.15) is 5.82 Å². The van der Waals surface area contributed by atoms with Gasteiger partial charge in [-0.05, 0) is 128 Å². The molecule has 53 heavy (non-hydrogen) atoms. The lowest BCUT2D eigenvalue weighted by Crippen LogP contribution is -2.09. The Labute approximate surface area is 309 Å². The summed E-state index contributed by atoms with van der Waals surface area (Å²) >= 11 is 0. The van der Waals surface area contributed by atoms with Gasteiger partial charge in [-0.3, -0.25) is 4.57 Å². The molecule has 0 saturated carbocycles. The molecule has 3 aliphatic carbocycles. The number of benzene rings is 7. The van der Waals surface area contributed by atoms with Gasteiger partial charge in [0, 0.05) is 16.8 Å². The van der Waals surface area contributed by atoms with Gasteiger partial charge in [-0.2, -0.15) is 0 Å². The average molecular weight is 679 g/mol. The molecule has 0 atom stereocenters. The molecule has 252 valence electrons. The van der Waals surface area contributed by atoms with Gasteiger partial charge in [-0.15, -0.1) is 0 Å². The van der Waals surface area contributed by atoms with Gasteiger partial charge in [0.2, 0.25) is 0 Å². The molecule has 0 bridgehead atoms. The third-order valence-electron chi connectivity index (χ3n) is 11.8. The molecule has 3 aliphatic rings. The number of allylic oxidation sites excluding steroid dienone is 6. The van der Waals surface area contributed by atoms with Crippen molar-refractivity contribution >= 4 is 66.6 Å². The Balaban J connectivity index is 1.12. The summed E-state index contributed by atoms with van der Waals surface area (Å²) in [5.74, 6) is 1.07. The van der Waals surface area contributed by atoms with Gasteiger partial charge in [0.05, 0.1) is 11.0 Å². The van der Waals surface area contributed by atoms with Crippen molar-refractivity contribution in [2.75, 3.05) is 0 Å². The minimum atomic E-state index is 0.924. The van der Waals surface area contributed by atoms with Crippen LogP contribution in [-0.2, 0) is 12.8 Å². The van der Waals surface area contributed by atoms with Gasteiger partial charge in [0.15, 0.2) is 0 Å². The van der Waals surface area contributed by atoms with Crippen molar-refractivity contribution in [3.05, 3.63) is 179 Å². The first-order valence-corrected chi connectivity index (χ1v) is 19.1. The standard InChI is InChI=1S/C51H38N2/c1-2-16-38(17-3-1)53-50-46-25-13-7-19-40(46)39-18-6-12-24-45(39)49(50)52-51(53)35-29-27-34(28-30-35)47-41-20-8-10-22-43(41)48(44-23-11-9-21-42(44)47)37-31-26-33-14-4-5-15-36(33)32-37/h1-5,8-17,20-27,29,31-32H,6-7,18-19,28,30H2. The number of hydrogen-bond acceptors (Lipinski definition) is 1. The number of hydrogen-bond donors (Lipinski definition) is 0. The first-order valence-electron chi connectivity index (χ1n) is 19.1. The maximum absolute atomic E-state index is 5.58. The zero-order valence-electron chi connectivity index (χ0n) is 29.6. The molecular formula is C51H38N2. The van der Waals surface area contributed by atoms with Crippen molar-refractivity contribution in [1.29, 1.82) is 0 Å². The fourth-order valence-corrected chi connectivity index (χ4v) is 9.46. The minimum absolute atomic E-state index is 0.924. The molecule has 0 N–H and O–H groups in total. The zero-order valence-corrected chi connectivity index (χ0v) is 29.6. The number of aromatic nitrogens is 2.